The fraction of sp³-hybridized carbons (Fsp3) is 0.143. The molecule has 0 amide bonds. The maximum absolute atomic E-state index is 10.5. The third-order valence-corrected chi connectivity index (χ3v) is 1.93. The summed E-state index contributed by atoms with van der Waals surface area (Å²) in [4.78, 5) is 19.5. The van der Waals surface area contributed by atoms with Gasteiger partial charge in [-0.05, 0) is 6.92 Å². The Morgan fingerprint density at radius 1 is 1.14 bits per heavy atom. The molecule has 0 spiro atoms. The Labute approximate surface area is 83.4 Å². The van der Waals surface area contributed by atoms with Crippen molar-refractivity contribution >= 4 is 23.0 Å². The highest BCUT2D eigenvalue weighted by Crippen LogP contribution is 2.31. The van der Waals surface area contributed by atoms with Crippen molar-refractivity contribution in [2.45, 2.75) is 6.92 Å². The van der Waals surface area contributed by atoms with Gasteiger partial charge in [0.1, 0.15) is 5.56 Å². The van der Waals surface area contributed by atoms with Gasteiger partial charge >= 0.3 is 0 Å². The summed E-state index contributed by atoms with van der Waals surface area (Å²) in [6.45, 7) is 1.31. The summed E-state index contributed by atoms with van der Waals surface area (Å²) in [5.74, 6) is 0. The van der Waals surface area contributed by atoms with Crippen molar-refractivity contribution in [1.29, 1.82) is 0 Å². The van der Waals surface area contributed by atoms with Crippen LogP contribution in [0.1, 0.15) is 5.56 Å². The summed E-state index contributed by atoms with van der Waals surface area (Å²) in [7, 11) is 0. The minimum Gasteiger partial charge on any atom is -0.258 e. The van der Waals surface area contributed by atoms with E-state index in [4.69, 9.17) is 11.6 Å². The molecule has 1 aromatic carbocycles. The summed E-state index contributed by atoms with van der Waals surface area (Å²) >= 11 is 5.50. The molecule has 0 aromatic heterocycles. The molecule has 74 valence electrons. The van der Waals surface area contributed by atoms with Crippen molar-refractivity contribution in [3.05, 3.63) is 42.9 Å². The molecule has 0 aliphatic heterocycles. The highest BCUT2D eigenvalue weighted by molar-refractivity contribution is 6.31. The number of benzene rings is 1. The second-order valence-corrected chi connectivity index (χ2v) is 3.02. The zero-order chi connectivity index (χ0) is 10.9. The standard InChI is InChI=1S/C7H5ClN2O4/c1-4-6(9(11)12)2-5(8)3-7(4)10(13)14/h2-3H,1H3. The molecular formula is C7H5ClN2O4. The Balaban J connectivity index is 3.47. The van der Waals surface area contributed by atoms with Gasteiger partial charge in [-0.1, -0.05) is 11.6 Å². The highest BCUT2D eigenvalue weighted by atomic mass is 35.5. The predicted molar refractivity (Wildman–Crippen MR) is 49.5 cm³/mol. The minimum absolute atomic E-state index is 0.00407. The summed E-state index contributed by atoms with van der Waals surface area (Å²) in [5, 5.41) is 20.9. The average Bonchev–Trinajstić information content (AvgIpc) is 2.07. The molecule has 0 atom stereocenters. The zero-order valence-electron chi connectivity index (χ0n) is 7.06. The first kappa shape index (κ1) is 10.4. The molecule has 0 unspecified atom stereocenters. The molecule has 0 aliphatic carbocycles. The van der Waals surface area contributed by atoms with Crippen LogP contribution in [0, 0.1) is 27.2 Å². The van der Waals surface area contributed by atoms with Crippen LogP contribution < -0.4 is 0 Å². The van der Waals surface area contributed by atoms with E-state index >= 15 is 0 Å². The van der Waals surface area contributed by atoms with Crippen LogP contribution in [0.15, 0.2) is 12.1 Å². The van der Waals surface area contributed by atoms with Crippen molar-refractivity contribution in [1.82, 2.24) is 0 Å². The predicted octanol–water partition coefficient (Wildman–Crippen LogP) is 2.46. The summed E-state index contributed by atoms with van der Waals surface area (Å²) in [6, 6.07) is 2.17. The molecule has 0 radical (unpaired) electrons. The first-order valence-corrected chi connectivity index (χ1v) is 3.90. The summed E-state index contributed by atoms with van der Waals surface area (Å²) in [6.07, 6.45) is 0. The van der Waals surface area contributed by atoms with E-state index in [0.717, 1.165) is 12.1 Å². The van der Waals surface area contributed by atoms with E-state index in [1.54, 1.807) is 0 Å². The highest BCUT2D eigenvalue weighted by Gasteiger charge is 2.22. The van der Waals surface area contributed by atoms with E-state index in [1.807, 2.05) is 0 Å². The first-order chi connectivity index (χ1) is 6.43. The van der Waals surface area contributed by atoms with E-state index in [1.165, 1.54) is 6.92 Å². The molecule has 0 heterocycles. The second kappa shape index (κ2) is 3.59. The average molecular weight is 217 g/mol. The Hall–Kier alpha value is -1.69. The molecule has 0 saturated heterocycles. The van der Waals surface area contributed by atoms with Crippen LogP contribution >= 0.6 is 11.6 Å². The molecule has 0 bridgehead atoms. The van der Waals surface area contributed by atoms with Gasteiger partial charge in [0.25, 0.3) is 11.4 Å². The van der Waals surface area contributed by atoms with Crippen LogP contribution in [0.3, 0.4) is 0 Å². The maximum atomic E-state index is 10.5. The minimum atomic E-state index is -0.700. The van der Waals surface area contributed by atoms with Crippen molar-refractivity contribution < 1.29 is 9.85 Å². The van der Waals surface area contributed by atoms with Crippen molar-refractivity contribution in [3.63, 3.8) is 0 Å². The number of hydrogen-bond acceptors (Lipinski definition) is 4. The van der Waals surface area contributed by atoms with Crippen LogP contribution in [0.25, 0.3) is 0 Å². The number of nitro groups is 2. The van der Waals surface area contributed by atoms with E-state index in [9.17, 15) is 20.2 Å². The van der Waals surface area contributed by atoms with Crippen molar-refractivity contribution in [2.75, 3.05) is 0 Å². The van der Waals surface area contributed by atoms with Gasteiger partial charge < -0.3 is 0 Å². The molecular weight excluding hydrogens is 212 g/mol. The molecule has 7 heteroatoms. The van der Waals surface area contributed by atoms with Crippen LogP contribution in [-0.4, -0.2) is 9.85 Å². The monoisotopic (exact) mass is 216 g/mol. The Bertz CT molecular complexity index is 383. The van der Waals surface area contributed by atoms with Gasteiger partial charge in [-0.15, -0.1) is 0 Å². The van der Waals surface area contributed by atoms with E-state index in [-0.39, 0.29) is 22.0 Å². The quantitative estimate of drug-likeness (QED) is 0.561. The smallest absolute Gasteiger partial charge is 0.258 e. The molecule has 0 saturated carbocycles. The number of rotatable bonds is 2. The van der Waals surface area contributed by atoms with Crippen molar-refractivity contribution in [3.8, 4) is 0 Å². The van der Waals surface area contributed by atoms with Gasteiger partial charge in [-0.25, -0.2) is 0 Å². The molecule has 1 aromatic rings. The second-order valence-electron chi connectivity index (χ2n) is 2.58. The number of nitrogens with zero attached hydrogens (tertiary/aromatic N) is 2. The third-order valence-electron chi connectivity index (χ3n) is 1.71. The van der Waals surface area contributed by atoms with Crippen LogP contribution in [0.2, 0.25) is 5.02 Å². The zero-order valence-corrected chi connectivity index (χ0v) is 7.82. The maximum Gasteiger partial charge on any atom is 0.280 e. The number of nitro benzene ring substituents is 2. The fourth-order valence-electron chi connectivity index (χ4n) is 1.03. The van der Waals surface area contributed by atoms with Gasteiger partial charge in [0, 0.05) is 12.1 Å². The van der Waals surface area contributed by atoms with E-state index in [2.05, 4.69) is 0 Å². The van der Waals surface area contributed by atoms with Gasteiger partial charge in [-0.3, -0.25) is 20.2 Å². The van der Waals surface area contributed by atoms with E-state index < -0.39 is 9.85 Å². The Morgan fingerprint density at radius 2 is 1.50 bits per heavy atom. The Kier molecular flexibility index (Phi) is 2.66. The van der Waals surface area contributed by atoms with Crippen molar-refractivity contribution in [2.24, 2.45) is 0 Å². The van der Waals surface area contributed by atoms with Gasteiger partial charge in [0.05, 0.1) is 14.9 Å². The van der Waals surface area contributed by atoms with E-state index in [0.29, 0.717) is 0 Å². The van der Waals surface area contributed by atoms with Crippen LogP contribution in [0.4, 0.5) is 11.4 Å². The van der Waals surface area contributed by atoms with Crippen LogP contribution in [-0.2, 0) is 0 Å². The third kappa shape index (κ3) is 1.80. The van der Waals surface area contributed by atoms with Gasteiger partial charge in [0.2, 0.25) is 0 Å². The lowest BCUT2D eigenvalue weighted by atomic mass is 10.1. The lowest BCUT2D eigenvalue weighted by Crippen LogP contribution is -1.97. The largest absolute Gasteiger partial charge is 0.280 e. The molecule has 0 aliphatic rings. The molecule has 1 rings (SSSR count). The topological polar surface area (TPSA) is 86.3 Å². The fourth-order valence-corrected chi connectivity index (χ4v) is 1.24. The lowest BCUT2D eigenvalue weighted by molar-refractivity contribution is -0.395. The number of hydrogen-bond donors (Lipinski definition) is 0. The normalized spacial score (nSPS) is 9.86. The summed E-state index contributed by atoms with van der Waals surface area (Å²) < 4.78 is 0. The van der Waals surface area contributed by atoms with Gasteiger partial charge in [0.15, 0.2) is 0 Å². The summed E-state index contributed by atoms with van der Waals surface area (Å²) in [5.41, 5.74) is -0.683. The van der Waals surface area contributed by atoms with Gasteiger partial charge in [-0.2, -0.15) is 0 Å². The first-order valence-electron chi connectivity index (χ1n) is 3.52. The molecule has 6 nitrogen and oxygen atoms in total. The number of halogens is 1. The Morgan fingerprint density at radius 3 is 1.79 bits per heavy atom. The molecule has 14 heavy (non-hydrogen) atoms. The molecule has 0 N–H and O–H groups in total. The lowest BCUT2D eigenvalue weighted by Gasteiger charge is -1.99. The van der Waals surface area contributed by atoms with Crippen LogP contribution in [0.5, 0.6) is 0 Å². The molecule has 0 fully saturated rings. The SMILES string of the molecule is Cc1c([N+](=O)[O-])cc(Cl)cc1[N+](=O)[O-].